The lowest BCUT2D eigenvalue weighted by molar-refractivity contribution is -0.132. The third kappa shape index (κ3) is 4.98. The highest BCUT2D eigenvalue weighted by molar-refractivity contribution is 9.10. The molecule has 3 atom stereocenters. The minimum atomic E-state index is -0.376. The predicted octanol–water partition coefficient (Wildman–Crippen LogP) is 1.84. The zero-order valence-electron chi connectivity index (χ0n) is 12.0. The van der Waals surface area contributed by atoms with E-state index in [1.807, 2.05) is 31.2 Å². The van der Waals surface area contributed by atoms with Gasteiger partial charge in [0.25, 0.3) is 0 Å². The molecule has 0 saturated carbocycles. The smallest absolute Gasteiger partial charge is 0.249 e. The molecule has 5 nitrogen and oxygen atoms in total. The molecule has 1 unspecified atom stereocenters. The second-order valence-corrected chi connectivity index (χ2v) is 6.10. The van der Waals surface area contributed by atoms with E-state index in [0.29, 0.717) is 13.1 Å². The summed E-state index contributed by atoms with van der Waals surface area (Å²) in [5.41, 5.74) is 5.53. The fourth-order valence-electron chi connectivity index (χ4n) is 2.22. The van der Waals surface area contributed by atoms with Gasteiger partial charge in [-0.25, -0.2) is 0 Å². The van der Waals surface area contributed by atoms with E-state index >= 15 is 0 Å². The van der Waals surface area contributed by atoms with Gasteiger partial charge in [0.2, 0.25) is 5.91 Å². The molecular weight excluding hydrogens is 336 g/mol. The van der Waals surface area contributed by atoms with Crippen LogP contribution in [0.15, 0.2) is 28.7 Å². The lowest BCUT2D eigenvalue weighted by Gasteiger charge is -2.17. The lowest BCUT2D eigenvalue weighted by atomic mass is 10.2. The van der Waals surface area contributed by atoms with E-state index in [9.17, 15) is 4.79 Å². The van der Waals surface area contributed by atoms with Crippen molar-refractivity contribution in [3.63, 3.8) is 0 Å². The Bertz CT molecular complexity index is 466. The van der Waals surface area contributed by atoms with Gasteiger partial charge in [0.15, 0.2) is 0 Å². The lowest BCUT2D eigenvalue weighted by Crippen LogP contribution is -2.40. The molecule has 2 rings (SSSR count). The first-order valence-corrected chi connectivity index (χ1v) is 7.93. The highest BCUT2D eigenvalue weighted by atomic mass is 79.9. The molecule has 1 aromatic rings. The molecule has 6 heteroatoms. The molecule has 1 aliphatic rings. The van der Waals surface area contributed by atoms with Crippen molar-refractivity contribution in [1.82, 2.24) is 5.32 Å². The van der Waals surface area contributed by atoms with Crippen LogP contribution in [-0.2, 0) is 9.53 Å². The standard InChI is InChI=1S/C15H21BrN2O3/c1-10(20-12-4-2-11(16)3-5-12)9-18-15(19)14-7-6-13(8-17)21-14/h2-5,10,13-14H,6-9,17H2,1H3,(H,18,19)/t10?,13-,14+/m1/s1. The van der Waals surface area contributed by atoms with Gasteiger partial charge < -0.3 is 20.5 Å². The Morgan fingerprint density at radius 2 is 2.19 bits per heavy atom. The average molecular weight is 357 g/mol. The number of nitrogens with one attached hydrogen (secondary N) is 1. The molecule has 1 amide bonds. The third-order valence-electron chi connectivity index (χ3n) is 3.38. The van der Waals surface area contributed by atoms with E-state index in [-0.39, 0.29) is 24.2 Å². The van der Waals surface area contributed by atoms with E-state index in [1.54, 1.807) is 0 Å². The quantitative estimate of drug-likeness (QED) is 0.815. The largest absolute Gasteiger partial charge is 0.489 e. The van der Waals surface area contributed by atoms with Gasteiger partial charge in [-0.2, -0.15) is 0 Å². The van der Waals surface area contributed by atoms with Gasteiger partial charge in [-0.1, -0.05) is 15.9 Å². The van der Waals surface area contributed by atoms with Crippen molar-refractivity contribution in [1.29, 1.82) is 0 Å². The van der Waals surface area contributed by atoms with Crippen molar-refractivity contribution in [2.45, 2.75) is 38.1 Å². The molecule has 0 aliphatic carbocycles. The number of halogens is 1. The number of carbonyl (C=O) groups is 1. The molecule has 1 saturated heterocycles. The van der Waals surface area contributed by atoms with Gasteiger partial charge >= 0.3 is 0 Å². The van der Waals surface area contributed by atoms with Crippen LogP contribution in [0.5, 0.6) is 5.75 Å². The van der Waals surface area contributed by atoms with Gasteiger partial charge in [0.1, 0.15) is 18.0 Å². The summed E-state index contributed by atoms with van der Waals surface area (Å²) in [7, 11) is 0. The maximum Gasteiger partial charge on any atom is 0.249 e. The van der Waals surface area contributed by atoms with Crippen molar-refractivity contribution in [2.75, 3.05) is 13.1 Å². The number of carbonyl (C=O) groups excluding carboxylic acids is 1. The monoisotopic (exact) mass is 356 g/mol. The predicted molar refractivity (Wildman–Crippen MR) is 84.2 cm³/mol. The SMILES string of the molecule is CC(CNC(=O)[C@@H]1CC[C@H](CN)O1)Oc1ccc(Br)cc1. The first-order valence-electron chi connectivity index (χ1n) is 7.14. The number of benzene rings is 1. The van der Waals surface area contributed by atoms with Crippen LogP contribution < -0.4 is 15.8 Å². The number of rotatable bonds is 6. The van der Waals surface area contributed by atoms with Crippen LogP contribution in [0.2, 0.25) is 0 Å². The van der Waals surface area contributed by atoms with E-state index in [4.69, 9.17) is 15.2 Å². The Morgan fingerprint density at radius 1 is 1.48 bits per heavy atom. The van der Waals surface area contributed by atoms with Crippen molar-refractivity contribution in [3.05, 3.63) is 28.7 Å². The summed E-state index contributed by atoms with van der Waals surface area (Å²) >= 11 is 3.37. The van der Waals surface area contributed by atoms with Crippen molar-refractivity contribution < 1.29 is 14.3 Å². The molecular formula is C15H21BrN2O3. The minimum Gasteiger partial charge on any atom is -0.489 e. The van der Waals surface area contributed by atoms with Crippen LogP contribution in [0.4, 0.5) is 0 Å². The van der Waals surface area contributed by atoms with Crippen molar-refractivity contribution in [3.8, 4) is 5.75 Å². The summed E-state index contributed by atoms with van der Waals surface area (Å²) in [6.07, 6.45) is 1.10. The van der Waals surface area contributed by atoms with Crippen molar-refractivity contribution >= 4 is 21.8 Å². The second-order valence-electron chi connectivity index (χ2n) is 5.19. The van der Waals surface area contributed by atoms with E-state index < -0.39 is 0 Å². The van der Waals surface area contributed by atoms with E-state index in [1.165, 1.54) is 0 Å². The van der Waals surface area contributed by atoms with Gasteiger partial charge in [-0.15, -0.1) is 0 Å². The maximum atomic E-state index is 12.0. The summed E-state index contributed by atoms with van der Waals surface area (Å²) in [4.78, 5) is 12.0. The molecule has 1 heterocycles. The topological polar surface area (TPSA) is 73.6 Å². The Kier molecular flexibility index (Phi) is 6.02. The molecule has 1 aromatic carbocycles. The van der Waals surface area contributed by atoms with Crippen LogP contribution >= 0.6 is 15.9 Å². The summed E-state index contributed by atoms with van der Waals surface area (Å²) in [6.45, 7) is 2.83. The highest BCUT2D eigenvalue weighted by Crippen LogP contribution is 2.19. The molecule has 21 heavy (non-hydrogen) atoms. The zero-order valence-corrected chi connectivity index (χ0v) is 13.6. The summed E-state index contributed by atoms with van der Waals surface area (Å²) in [5, 5.41) is 2.86. The maximum absolute atomic E-state index is 12.0. The third-order valence-corrected chi connectivity index (χ3v) is 3.91. The zero-order chi connectivity index (χ0) is 15.2. The molecule has 1 fully saturated rings. The number of amides is 1. The number of nitrogens with two attached hydrogens (primary N) is 1. The second kappa shape index (κ2) is 7.77. The first kappa shape index (κ1) is 16.3. The molecule has 0 spiro atoms. The van der Waals surface area contributed by atoms with Gasteiger partial charge in [-0.05, 0) is 44.0 Å². The minimum absolute atomic E-state index is 0.0113. The molecule has 3 N–H and O–H groups in total. The van der Waals surface area contributed by atoms with Crippen LogP contribution in [0.3, 0.4) is 0 Å². The Balaban J connectivity index is 1.72. The molecule has 0 aromatic heterocycles. The summed E-state index contributed by atoms with van der Waals surface area (Å²) in [6, 6.07) is 7.60. The number of hydrogen-bond acceptors (Lipinski definition) is 4. The van der Waals surface area contributed by atoms with Gasteiger partial charge in [-0.3, -0.25) is 4.79 Å². The fraction of sp³-hybridized carbons (Fsp3) is 0.533. The molecule has 1 aliphatic heterocycles. The summed E-state index contributed by atoms with van der Waals surface area (Å²) < 4.78 is 12.3. The normalized spacial score (nSPS) is 22.8. The molecule has 0 bridgehead atoms. The number of hydrogen-bond donors (Lipinski definition) is 2. The Labute approximate surface area is 133 Å². The van der Waals surface area contributed by atoms with Crippen molar-refractivity contribution in [2.24, 2.45) is 5.73 Å². The van der Waals surface area contributed by atoms with E-state index in [2.05, 4.69) is 21.2 Å². The first-order chi connectivity index (χ1) is 10.1. The Hall–Kier alpha value is -1.11. The molecule has 116 valence electrons. The number of ether oxygens (including phenoxy) is 2. The molecule has 0 radical (unpaired) electrons. The van der Waals surface area contributed by atoms with Crippen LogP contribution in [0.1, 0.15) is 19.8 Å². The Morgan fingerprint density at radius 3 is 2.81 bits per heavy atom. The average Bonchev–Trinajstić information content (AvgIpc) is 2.96. The fourth-order valence-corrected chi connectivity index (χ4v) is 2.48. The van der Waals surface area contributed by atoms with Gasteiger partial charge in [0.05, 0.1) is 12.6 Å². The highest BCUT2D eigenvalue weighted by Gasteiger charge is 2.29. The summed E-state index contributed by atoms with van der Waals surface area (Å²) in [5.74, 6) is 0.692. The van der Waals surface area contributed by atoms with Crippen LogP contribution in [0, 0.1) is 0 Å². The van der Waals surface area contributed by atoms with Crippen LogP contribution in [-0.4, -0.2) is 37.3 Å². The van der Waals surface area contributed by atoms with E-state index in [0.717, 1.165) is 23.1 Å². The van der Waals surface area contributed by atoms with Gasteiger partial charge in [0, 0.05) is 11.0 Å². The van der Waals surface area contributed by atoms with Crippen LogP contribution in [0.25, 0.3) is 0 Å².